The van der Waals surface area contributed by atoms with Crippen molar-refractivity contribution in [3.8, 4) is 45.3 Å². The summed E-state index contributed by atoms with van der Waals surface area (Å²) in [6.07, 6.45) is 0. The molecule has 0 amide bonds. The predicted molar refractivity (Wildman–Crippen MR) is 210 cm³/mol. The second-order valence-electron chi connectivity index (χ2n) is 13.3. The molecule has 0 saturated heterocycles. The molecule has 0 radical (unpaired) electrons. The van der Waals surface area contributed by atoms with Gasteiger partial charge in [-0.3, -0.25) is 0 Å². The number of nitrogens with zero attached hydrogens (tertiary/aromatic N) is 1. The molecule has 3 heteroatoms. The highest BCUT2D eigenvalue weighted by atomic mass is 16.6. The maximum absolute atomic E-state index is 6.86. The van der Waals surface area contributed by atoms with E-state index in [0.717, 1.165) is 33.8 Å². The van der Waals surface area contributed by atoms with E-state index in [2.05, 4.69) is 181 Å². The van der Waals surface area contributed by atoms with Gasteiger partial charge in [-0.1, -0.05) is 146 Å². The summed E-state index contributed by atoms with van der Waals surface area (Å²) in [4.78, 5) is 2.27. The molecule has 1 heterocycles. The minimum Gasteiger partial charge on any atom is -0.449 e. The zero-order valence-corrected chi connectivity index (χ0v) is 28.3. The molecule has 10 rings (SSSR count). The minimum atomic E-state index is -0.510. The number of anilines is 3. The van der Waals surface area contributed by atoms with Crippen molar-refractivity contribution < 1.29 is 9.47 Å². The van der Waals surface area contributed by atoms with Gasteiger partial charge in [0.2, 0.25) is 0 Å². The molecule has 0 unspecified atom stereocenters. The van der Waals surface area contributed by atoms with Crippen LogP contribution < -0.4 is 14.4 Å². The second kappa shape index (κ2) is 12.2. The molecule has 1 aliphatic carbocycles. The molecular formula is C49H33NO2. The van der Waals surface area contributed by atoms with Crippen LogP contribution >= 0.6 is 0 Å². The van der Waals surface area contributed by atoms with Gasteiger partial charge in [0, 0.05) is 22.6 Å². The van der Waals surface area contributed by atoms with Gasteiger partial charge in [0.15, 0.2) is 23.0 Å². The van der Waals surface area contributed by atoms with Crippen molar-refractivity contribution in [2.75, 3.05) is 4.90 Å². The summed E-state index contributed by atoms with van der Waals surface area (Å²) in [7, 11) is 0. The maximum Gasteiger partial charge on any atom is 0.177 e. The van der Waals surface area contributed by atoms with Crippen molar-refractivity contribution >= 4 is 17.1 Å². The van der Waals surface area contributed by atoms with E-state index in [1.807, 2.05) is 24.3 Å². The Morgan fingerprint density at radius 3 is 1.50 bits per heavy atom. The van der Waals surface area contributed by atoms with Gasteiger partial charge in [-0.05, 0) is 93.5 Å². The fourth-order valence-corrected chi connectivity index (χ4v) is 8.16. The molecule has 8 aromatic carbocycles. The number of ether oxygens (including phenoxy) is 2. The topological polar surface area (TPSA) is 21.7 Å². The molecule has 1 aliphatic heterocycles. The van der Waals surface area contributed by atoms with E-state index in [1.54, 1.807) is 0 Å². The summed E-state index contributed by atoms with van der Waals surface area (Å²) in [6, 6.07) is 70.5. The van der Waals surface area contributed by atoms with Crippen LogP contribution in [0.1, 0.15) is 22.3 Å². The van der Waals surface area contributed by atoms with Gasteiger partial charge in [0.25, 0.3) is 0 Å². The molecule has 0 atom stereocenters. The average Bonchev–Trinajstić information content (AvgIpc) is 3.50. The lowest BCUT2D eigenvalue weighted by Crippen LogP contribution is -2.28. The molecule has 0 N–H and O–H groups in total. The van der Waals surface area contributed by atoms with Crippen molar-refractivity contribution in [1.82, 2.24) is 0 Å². The third-order valence-electron chi connectivity index (χ3n) is 10.4. The summed E-state index contributed by atoms with van der Waals surface area (Å²) >= 11 is 0. The number of hydrogen-bond acceptors (Lipinski definition) is 3. The first-order valence-electron chi connectivity index (χ1n) is 17.7. The molecule has 0 spiro atoms. The van der Waals surface area contributed by atoms with Crippen LogP contribution in [0.3, 0.4) is 0 Å². The van der Waals surface area contributed by atoms with Crippen molar-refractivity contribution in [3.05, 3.63) is 222 Å². The van der Waals surface area contributed by atoms with Crippen LogP contribution in [0.25, 0.3) is 22.3 Å². The Hall–Kier alpha value is -6.84. The van der Waals surface area contributed by atoms with Gasteiger partial charge >= 0.3 is 0 Å². The molecule has 0 saturated carbocycles. The van der Waals surface area contributed by atoms with Crippen molar-refractivity contribution in [3.63, 3.8) is 0 Å². The molecule has 246 valence electrons. The van der Waals surface area contributed by atoms with Crippen molar-refractivity contribution in [2.45, 2.75) is 5.41 Å². The Labute approximate surface area is 303 Å². The number of para-hydroxylation sites is 3. The lowest BCUT2D eigenvalue weighted by Gasteiger charge is -2.34. The average molecular weight is 668 g/mol. The Morgan fingerprint density at radius 2 is 0.865 bits per heavy atom. The molecule has 3 nitrogen and oxygen atoms in total. The van der Waals surface area contributed by atoms with Crippen LogP contribution in [0.5, 0.6) is 23.0 Å². The number of benzene rings is 8. The van der Waals surface area contributed by atoms with Crippen molar-refractivity contribution in [1.29, 1.82) is 0 Å². The quantitative estimate of drug-likeness (QED) is 0.176. The van der Waals surface area contributed by atoms with Gasteiger partial charge in [-0.25, -0.2) is 0 Å². The zero-order valence-electron chi connectivity index (χ0n) is 28.3. The summed E-state index contributed by atoms with van der Waals surface area (Å²) in [6.45, 7) is 0. The SMILES string of the molecule is c1ccc(N(c2ccccc2)c2ccc(-c3cccc4c3Oc3cc5c(cc3O4)C(c3ccccc3)(c3ccccc3)c3ccccc3-5)cc2)cc1. The molecule has 8 aromatic rings. The fourth-order valence-electron chi connectivity index (χ4n) is 8.16. The molecule has 2 aliphatic rings. The van der Waals surface area contributed by atoms with Gasteiger partial charge in [0.05, 0.1) is 5.41 Å². The van der Waals surface area contributed by atoms with E-state index in [-0.39, 0.29) is 0 Å². The molecule has 0 fully saturated rings. The molecule has 0 aromatic heterocycles. The largest absolute Gasteiger partial charge is 0.449 e. The Balaban J connectivity index is 1.07. The summed E-state index contributed by atoms with van der Waals surface area (Å²) in [5, 5.41) is 0. The lowest BCUT2D eigenvalue weighted by atomic mass is 9.67. The van der Waals surface area contributed by atoms with Crippen LogP contribution in [-0.4, -0.2) is 0 Å². The highest BCUT2D eigenvalue weighted by Gasteiger charge is 2.47. The standard InChI is InChI=1S/C49H33NO2/c1-5-16-35(17-6-1)49(36-18-7-2-8-19-36)43-26-14-13-24-41(43)42-32-46-47(33-44(42)49)51-45-27-15-25-40(48(45)52-46)34-28-30-39(31-29-34)50(37-20-9-3-10-21-37)38-22-11-4-12-23-38/h1-33H. The molecule has 0 bridgehead atoms. The van der Waals surface area contributed by atoms with E-state index in [9.17, 15) is 0 Å². The smallest absolute Gasteiger partial charge is 0.177 e. The molecule has 52 heavy (non-hydrogen) atoms. The lowest BCUT2D eigenvalue weighted by molar-refractivity contribution is 0.360. The van der Waals surface area contributed by atoms with Crippen LogP contribution in [0.15, 0.2) is 200 Å². The second-order valence-corrected chi connectivity index (χ2v) is 13.3. The van der Waals surface area contributed by atoms with Crippen LogP contribution in [-0.2, 0) is 5.41 Å². The minimum absolute atomic E-state index is 0.510. The van der Waals surface area contributed by atoms with E-state index >= 15 is 0 Å². The Kier molecular flexibility index (Phi) is 7.04. The van der Waals surface area contributed by atoms with E-state index in [1.165, 1.54) is 27.8 Å². The van der Waals surface area contributed by atoms with E-state index in [4.69, 9.17) is 9.47 Å². The van der Waals surface area contributed by atoms with E-state index < -0.39 is 5.41 Å². The van der Waals surface area contributed by atoms with Crippen LogP contribution in [0.4, 0.5) is 17.1 Å². The number of rotatable bonds is 6. The first-order chi connectivity index (χ1) is 25.8. The summed E-state index contributed by atoms with van der Waals surface area (Å²) < 4.78 is 13.6. The van der Waals surface area contributed by atoms with Gasteiger partial charge in [-0.2, -0.15) is 0 Å². The third kappa shape index (κ3) is 4.67. The highest BCUT2D eigenvalue weighted by Crippen LogP contribution is 2.60. The fraction of sp³-hybridized carbons (Fsp3) is 0.0204. The van der Waals surface area contributed by atoms with Gasteiger partial charge < -0.3 is 14.4 Å². The van der Waals surface area contributed by atoms with Crippen LogP contribution in [0, 0.1) is 0 Å². The van der Waals surface area contributed by atoms with Crippen molar-refractivity contribution in [2.24, 2.45) is 0 Å². The number of fused-ring (bicyclic) bond motifs is 5. The Bertz CT molecular complexity index is 2470. The first-order valence-corrected chi connectivity index (χ1v) is 17.7. The van der Waals surface area contributed by atoms with Gasteiger partial charge in [0.1, 0.15) is 0 Å². The highest BCUT2D eigenvalue weighted by molar-refractivity contribution is 5.89. The third-order valence-corrected chi connectivity index (χ3v) is 10.4. The molecular weight excluding hydrogens is 635 g/mol. The van der Waals surface area contributed by atoms with Gasteiger partial charge in [-0.15, -0.1) is 0 Å². The Morgan fingerprint density at radius 1 is 0.346 bits per heavy atom. The van der Waals surface area contributed by atoms with Crippen LogP contribution in [0.2, 0.25) is 0 Å². The monoisotopic (exact) mass is 667 g/mol. The summed E-state index contributed by atoms with van der Waals surface area (Å²) in [5.41, 5.74) is 12.0. The normalized spacial score (nSPS) is 13.1. The zero-order chi connectivity index (χ0) is 34.5. The summed E-state index contributed by atoms with van der Waals surface area (Å²) in [5.74, 6) is 2.84. The number of hydrogen-bond donors (Lipinski definition) is 0. The van der Waals surface area contributed by atoms with E-state index in [0.29, 0.717) is 23.0 Å². The predicted octanol–water partition coefficient (Wildman–Crippen LogP) is 13.1. The first kappa shape index (κ1) is 30.0. The maximum atomic E-state index is 6.86.